The molecule has 2 aliphatic rings. The van der Waals surface area contributed by atoms with Gasteiger partial charge in [-0.3, -0.25) is 14.3 Å². The van der Waals surface area contributed by atoms with Crippen molar-refractivity contribution in [1.29, 1.82) is 0 Å². The van der Waals surface area contributed by atoms with Crippen molar-refractivity contribution in [3.05, 3.63) is 59.8 Å². The van der Waals surface area contributed by atoms with Gasteiger partial charge in [0.15, 0.2) is 0 Å². The number of β-amino-alcohol motifs (C(OH)–C–C–N with tert-alkyl or cyclic N) is 1. The van der Waals surface area contributed by atoms with Crippen molar-refractivity contribution in [3.8, 4) is 5.75 Å². The lowest BCUT2D eigenvalue weighted by Crippen LogP contribution is -2.65. The summed E-state index contributed by atoms with van der Waals surface area (Å²) in [6, 6.07) is 11.2. The van der Waals surface area contributed by atoms with E-state index in [0.29, 0.717) is 21.7 Å². The van der Waals surface area contributed by atoms with Gasteiger partial charge >= 0.3 is 12.1 Å². The van der Waals surface area contributed by atoms with Gasteiger partial charge in [-0.1, -0.05) is 12.1 Å². The molecule has 3 heterocycles. The third kappa shape index (κ3) is 5.46. The highest BCUT2D eigenvalue weighted by molar-refractivity contribution is 6.20. The number of carbonyl (C=O) groups excluding carboxylic acids is 3. The zero-order valence-corrected chi connectivity index (χ0v) is 22.1. The number of carboxylic acid groups (broad SMARTS) is 1. The fraction of sp³-hybridized carbons (Fsp3) is 0.370. The normalized spacial score (nSPS) is 17.0. The summed E-state index contributed by atoms with van der Waals surface area (Å²) in [5.41, 5.74) is -1.12. The minimum absolute atomic E-state index is 0.00788. The number of esters is 1. The first-order chi connectivity index (χ1) is 18.8. The average Bonchev–Trinajstić information content (AvgIpc) is 3.36. The monoisotopic (exact) mass is 552 g/mol. The van der Waals surface area contributed by atoms with Gasteiger partial charge < -0.3 is 24.6 Å². The van der Waals surface area contributed by atoms with E-state index >= 15 is 0 Å². The number of hydrogen-bond donors (Lipinski definition) is 2. The van der Waals surface area contributed by atoms with Gasteiger partial charge in [0.2, 0.25) is 6.10 Å². The Kier molecular flexibility index (Phi) is 6.72. The maximum atomic E-state index is 12.9. The Labute approximate surface area is 228 Å². The van der Waals surface area contributed by atoms with Crippen LogP contribution in [0.5, 0.6) is 5.75 Å². The molecule has 1 unspecified atom stereocenters. The number of hydroxylamine groups is 2. The van der Waals surface area contributed by atoms with Gasteiger partial charge in [0.25, 0.3) is 11.8 Å². The molecule has 2 N–H and O–H groups in total. The first-order valence-electron chi connectivity index (χ1n) is 12.5. The van der Waals surface area contributed by atoms with Crippen molar-refractivity contribution in [2.75, 3.05) is 19.7 Å². The zero-order chi connectivity index (χ0) is 28.8. The number of likely N-dealkylation sites (tertiary alicyclic amines) is 1. The van der Waals surface area contributed by atoms with Crippen molar-refractivity contribution in [1.82, 2.24) is 19.7 Å². The maximum absolute atomic E-state index is 12.9. The molecule has 1 fully saturated rings. The summed E-state index contributed by atoms with van der Waals surface area (Å²) in [5, 5.41) is 25.2. The minimum Gasteiger partial charge on any atom is -0.490 e. The molecule has 13 nitrogen and oxygen atoms in total. The number of rotatable bonds is 8. The topological polar surface area (TPSA) is 161 Å². The van der Waals surface area contributed by atoms with Crippen molar-refractivity contribution < 1.29 is 43.7 Å². The van der Waals surface area contributed by atoms with Crippen molar-refractivity contribution >= 4 is 34.8 Å². The van der Waals surface area contributed by atoms with Crippen LogP contribution >= 0.6 is 0 Å². The Hall–Kier alpha value is -4.49. The molecule has 0 radical (unpaired) electrons. The number of carbonyl (C=O) groups is 4. The zero-order valence-electron chi connectivity index (χ0n) is 22.1. The van der Waals surface area contributed by atoms with E-state index in [9.17, 15) is 24.3 Å². The minimum atomic E-state index is -1.44. The van der Waals surface area contributed by atoms with Gasteiger partial charge in [-0.2, -0.15) is 5.10 Å². The standard InChI is InChI=1S/C27H28N4O9/c1-26(2,3)39-24(34)21(40-31-22(32)18-6-4-5-7-19(18)23(31)33)12-38-17-8-9-20-16(10-17)11-30(28-20)15-27(37)13-29(14-27)25(35)36/h4-11,21,37H,12-15H2,1-3H3,(H,35,36). The number of aliphatic hydroxyl groups is 1. The van der Waals surface area contributed by atoms with Gasteiger partial charge in [-0.25, -0.2) is 14.4 Å². The Bertz CT molecular complexity index is 1470. The van der Waals surface area contributed by atoms with E-state index in [2.05, 4.69) is 5.10 Å². The van der Waals surface area contributed by atoms with Crippen molar-refractivity contribution in [2.24, 2.45) is 0 Å². The van der Waals surface area contributed by atoms with Gasteiger partial charge in [-0.15, -0.1) is 5.06 Å². The predicted molar refractivity (Wildman–Crippen MR) is 137 cm³/mol. The molecule has 2 aromatic carbocycles. The largest absolute Gasteiger partial charge is 0.490 e. The van der Waals surface area contributed by atoms with E-state index in [4.69, 9.17) is 19.4 Å². The molecule has 5 rings (SSSR count). The summed E-state index contributed by atoms with van der Waals surface area (Å²) < 4.78 is 12.8. The second-order valence-electron chi connectivity index (χ2n) is 10.8. The van der Waals surface area contributed by atoms with Crippen LogP contribution in [0.25, 0.3) is 10.9 Å². The quantitative estimate of drug-likeness (QED) is 0.313. The highest BCUT2D eigenvalue weighted by Gasteiger charge is 2.44. The lowest BCUT2D eigenvalue weighted by molar-refractivity contribution is -0.193. The molecule has 3 amide bonds. The van der Waals surface area contributed by atoms with Crippen molar-refractivity contribution in [2.45, 2.75) is 44.6 Å². The third-order valence-corrected chi connectivity index (χ3v) is 6.28. The maximum Gasteiger partial charge on any atom is 0.407 e. The summed E-state index contributed by atoms with van der Waals surface area (Å²) in [7, 11) is 0. The van der Waals surface area contributed by atoms with Crippen molar-refractivity contribution in [3.63, 3.8) is 0 Å². The summed E-state index contributed by atoms with van der Waals surface area (Å²) >= 11 is 0. The van der Waals surface area contributed by atoms with E-state index in [1.165, 1.54) is 16.8 Å². The third-order valence-electron chi connectivity index (χ3n) is 6.28. The van der Waals surface area contributed by atoms with E-state index in [1.54, 1.807) is 57.3 Å². The van der Waals surface area contributed by atoms with Gasteiger partial charge in [0, 0.05) is 11.6 Å². The molecule has 13 heteroatoms. The molecule has 0 spiro atoms. The van der Waals surface area contributed by atoms with E-state index in [1.807, 2.05) is 0 Å². The number of imide groups is 1. The average molecular weight is 553 g/mol. The number of amides is 3. The van der Waals surface area contributed by atoms with Gasteiger partial charge in [0.1, 0.15) is 23.6 Å². The molecule has 1 saturated heterocycles. The van der Waals surface area contributed by atoms with Gasteiger partial charge in [0.05, 0.1) is 36.3 Å². The highest BCUT2D eigenvalue weighted by Crippen LogP contribution is 2.27. The SMILES string of the molecule is CC(C)(C)OC(=O)C(COc1ccc2nn(CC3(O)CN(C(=O)O)C3)cc2c1)ON1C(=O)c2ccccc2C1=O. The summed E-state index contributed by atoms with van der Waals surface area (Å²) in [6.07, 6.45) is -0.844. The van der Waals surface area contributed by atoms with E-state index < -0.39 is 41.2 Å². The van der Waals surface area contributed by atoms with Gasteiger partial charge in [-0.05, 0) is 51.1 Å². The summed E-state index contributed by atoms with van der Waals surface area (Å²) in [4.78, 5) is 56.2. The van der Waals surface area contributed by atoms with Crippen LogP contribution in [0, 0.1) is 0 Å². The van der Waals surface area contributed by atoms with Crippen LogP contribution < -0.4 is 4.74 Å². The molecule has 210 valence electrons. The number of benzene rings is 2. The molecule has 3 aromatic rings. The predicted octanol–water partition coefficient (Wildman–Crippen LogP) is 2.08. The first-order valence-corrected chi connectivity index (χ1v) is 12.5. The Morgan fingerprint density at radius 3 is 2.33 bits per heavy atom. The van der Waals surface area contributed by atoms with Crippen LogP contribution in [-0.4, -0.2) is 90.8 Å². The smallest absolute Gasteiger partial charge is 0.407 e. The summed E-state index contributed by atoms with van der Waals surface area (Å²) in [5.74, 6) is -1.85. The van der Waals surface area contributed by atoms with Crippen LogP contribution in [-0.2, 0) is 20.9 Å². The molecule has 1 atom stereocenters. The fourth-order valence-electron chi connectivity index (χ4n) is 4.50. The molecule has 1 aromatic heterocycles. The lowest BCUT2D eigenvalue weighted by Gasteiger charge is -2.44. The number of ether oxygens (including phenoxy) is 2. The van der Waals surface area contributed by atoms with Crippen LogP contribution in [0.3, 0.4) is 0 Å². The number of aromatic nitrogens is 2. The van der Waals surface area contributed by atoms with Crippen LogP contribution in [0.1, 0.15) is 41.5 Å². The Morgan fingerprint density at radius 2 is 1.73 bits per heavy atom. The molecular formula is C27H28N4O9. The molecular weight excluding hydrogens is 524 g/mol. The highest BCUT2D eigenvalue weighted by atomic mass is 16.7. The Balaban J connectivity index is 1.29. The Morgan fingerprint density at radius 1 is 1.07 bits per heavy atom. The second kappa shape index (κ2) is 9.92. The molecule has 0 aliphatic carbocycles. The fourth-order valence-corrected chi connectivity index (χ4v) is 4.50. The van der Waals surface area contributed by atoms with Crippen LogP contribution in [0.4, 0.5) is 4.79 Å². The molecule has 0 bridgehead atoms. The first kappa shape index (κ1) is 27.1. The second-order valence-corrected chi connectivity index (χ2v) is 10.8. The number of nitrogens with zero attached hydrogens (tertiary/aromatic N) is 4. The molecule has 0 saturated carbocycles. The van der Waals surface area contributed by atoms with E-state index in [0.717, 1.165) is 4.90 Å². The molecule has 2 aliphatic heterocycles. The number of fused-ring (bicyclic) bond motifs is 2. The summed E-state index contributed by atoms with van der Waals surface area (Å²) in [6.45, 7) is 4.75. The molecule has 40 heavy (non-hydrogen) atoms. The van der Waals surface area contributed by atoms with Crippen LogP contribution in [0.15, 0.2) is 48.7 Å². The lowest BCUT2D eigenvalue weighted by atomic mass is 9.95. The van der Waals surface area contributed by atoms with E-state index in [-0.39, 0.29) is 37.4 Å². The number of hydrogen-bond acceptors (Lipinski definition) is 9. The van der Waals surface area contributed by atoms with Crippen LogP contribution in [0.2, 0.25) is 0 Å².